The van der Waals surface area contributed by atoms with E-state index in [1.54, 1.807) is 0 Å². The van der Waals surface area contributed by atoms with Crippen molar-refractivity contribution in [2.45, 2.75) is 31.3 Å². The van der Waals surface area contributed by atoms with Crippen LogP contribution >= 0.6 is 0 Å². The van der Waals surface area contributed by atoms with Crippen molar-refractivity contribution in [3.63, 3.8) is 0 Å². The van der Waals surface area contributed by atoms with E-state index >= 15 is 0 Å². The highest BCUT2D eigenvalue weighted by Crippen LogP contribution is 2.17. The number of amides is 2. The number of hydrogen-bond donors (Lipinski definition) is 3. The molecule has 2 atom stereocenters. The van der Waals surface area contributed by atoms with Crippen LogP contribution in [0.25, 0.3) is 10.4 Å². The van der Waals surface area contributed by atoms with Crippen LogP contribution in [0.1, 0.15) is 18.5 Å². The summed E-state index contributed by atoms with van der Waals surface area (Å²) in [7, 11) is 0. The quantitative estimate of drug-likeness (QED) is 0.372. The fourth-order valence-corrected chi connectivity index (χ4v) is 2.17. The van der Waals surface area contributed by atoms with Crippen LogP contribution in [-0.4, -0.2) is 50.0 Å². The lowest BCUT2D eigenvalue weighted by Crippen LogP contribution is -2.54. The van der Waals surface area contributed by atoms with E-state index in [-0.39, 0.29) is 19.3 Å². The number of hydrazine groups is 1. The third-order valence-corrected chi connectivity index (χ3v) is 3.21. The molecule has 1 saturated heterocycles. The largest absolute Gasteiger partial charge is 0.480 e. The summed E-state index contributed by atoms with van der Waals surface area (Å²) in [5, 5.41) is 13.0. The van der Waals surface area contributed by atoms with Gasteiger partial charge in [-0.3, -0.25) is 14.6 Å². The Morgan fingerprint density at radius 1 is 1.68 bits per heavy atom. The van der Waals surface area contributed by atoms with Gasteiger partial charge in [-0.2, -0.15) is 0 Å². The lowest BCUT2D eigenvalue weighted by Gasteiger charge is -2.26. The van der Waals surface area contributed by atoms with Gasteiger partial charge in [-0.1, -0.05) is 0 Å². The molecule has 1 aliphatic rings. The number of aliphatic carboxylic acids is 1. The molecule has 1 fully saturated rings. The summed E-state index contributed by atoms with van der Waals surface area (Å²) in [4.78, 5) is 43.7. The number of H-pyrrole nitrogens is 1. The number of carbonyl (C=O) groups is 3. The molecule has 11 heteroatoms. The van der Waals surface area contributed by atoms with E-state index in [1.807, 2.05) is 0 Å². The van der Waals surface area contributed by atoms with Crippen molar-refractivity contribution in [2.75, 3.05) is 0 Å². The Kier molecular flexibility index (Phi) is 4.71. The maximum Gasteiger partial charge on any atom is 0.328 e. The van der Waals surface area contributed by atoms with Gasteiger partial charge in [-0.15, -0.1) is 0 Å². The van der Waals surface area contributed by atoms with Crippen LogP contribution in [-0.2, 0) is 20.8 Å². The van der Waals surface area contributed by atoms with Crippen LogP contribution in [0.4, 0.5) is 0 Å². The third kappa shape index (κ3) is 3.40. The van der Waals surface area contributed by atoms with E-state index < -0.39 is 29.9 Å². The van der Waals surface area contributed by atoms with Crippen LogP contribution in [0.2, 0.25) is 0 Å². The van der Waals surface area contributed by atoms with Gasteiger partial charge in [0.15, 0.2) is 0 Å². The summed E-state index contributed by atoms with van der Waals surface area (Å²) in [6.07, 6.45) is 3.15. The van der Waals surface area contributed by atoms with Crippen LogP contribution in [0, 0.1) is 0 Å². The van der Waals surface area contributed by atoms with Gasteiger partial charge in [0.05, 0.1) is 12.4 Å². The molecule has 3 N–H and O–H groups in total. The predicted molar refractivity (Wildman–Crippen MR) is 70.9 cm³/mol. The summed E-state index contributed by atoms with van der Waals surface area (Å²) in [6.45, 7) is 0. The highest BCUT2D eigenvalue weighted by molar-refractivity contribution is 5.88. The SMILES string of the molecule is [N-]=[N+]=NC(=O)[C@@H](Cc1cnc[nH]1)NN1C(=O)CCC1C(=O)O. The van der Waals surface area contributed by atoms with Crippen molar-refractivity contribution >= 4 is 17.8 Å². The van der Waals surface area contributed by atoms with Crippen molar-refractivity contribution in [3.05, 3.63) is 28.7 Å². The average molecular weight is 307 g/mol. The second kappa shape index (κ2) is 6.70. The standard InChI is InChI=1S/C11H13N7O4/c12-17-15-10(20)7(3-6-4-13-5-14-6)16-18-8(11(21)22)1-2-9(18)19/h4-5,7-8,16H,1-3H2,(H,13,14)(H,21,22)/t7-,8?/m1/s1. The number of carboxylic acid groups (broad SMARTS) is 1. The monoisotopic (exact) mass is 307 g/mol. The van der Waals surface area contributed by atoms with Gasteiger partial charge in [0.25, 0.3) is 0 Å². The molecule has 11 nitrogen and oxygen atoms in total. The lowest BCUT2D eigenvalue weighted by atomic mass is 10.1. The van der Waals surface area contributed by atoms with Gasteiger partial charge in [0, 0.05) is 29.6 Å². The highest BCUT2D eigenvalue weighted by atomic mass is 16.4. The molecule has 1 unspecified atom stereocenters. The summed E-state index contributed by atoms with van der Waals surface area (Å²) in [5.74, 6) is -2.45. The van der Waals surface area contributed by atoms with Gasteiger partial charge >= 0.3 is 5.97 Å². The van der Waals surface area contributed by atoms with Crippen LogP contribution in [0.15, 0.2) is 17.6 Å². The zero-order valence-corrected chi connectivity index (χ0v) is 11.3. The molecule has 1 aromatic heterocycles. The van der Waals surface area contributed by atoms with E-state index in [0.717, 1.165) is 5.01 Å². The second-order valence-corrected chi connectivity index (χ2v) is 4.65. The molecular formula is C11H13N7O4. The number of aromatic nitrogens is 2. The third-order valence-electron chi connectivity index (χ3n) is 3.21. The molecule has 0 bridgehead atoms. The molecular weight excluding hydrogens is 294 g/mol. The van der Waals surface area contributed by atoms with Gasteiger partial charge in [-0.05, 0) is 17.1 Å². The number of imidazole rings is 1. The van der Waals surface area contributed by atoms with Crippen molar-refractivity contribution in [2.24, 2.45) is 5.11 Å². The number of nitrogens with one attached hydrogen (secondary N) is 2. The van der Waals surface area contributed by atoms with Crippen molar-refractivity contribution < 1.29 is 19.5 Å². The lowest BCUT2D eigenvalue weighted by molar-refractivity contribution is -0.150. The molecule has 1 aliphatic heterocycles. The Balaban J connectivity index is 2.17. The normalized spacial score (nSPS) is 18.8. The molecule has 0 aliphatic carbocycles. The minimum Gasteiger partial charge on any atom is -0.480 e. The topological polar surface area (TPSA) is 164 Å². The summed E-state index contributed by atoms with van der Waals surface area (Å²) in [6, 6.07) is -2.13. The van der Waals surface area contributed by atoms with E-state index in [9.17, 15) is 14.4 Å². The first kappa shape index (κ1) is 15.5. The minimum atomic E-state index is -1.17. The number of hydrogen-bond acceptors (Lipinski definition) is 5. The van der Waals surface area contributed by atoms with Gasteiger partial charge in [0.2, 0.25) is 11.8 Å². The first-order chi connectivity index (χ1) is 10.5. The van der Waals surface area contributed by atoms with Crippen LogP contribution in [0.5, 0.6) is 0 Å². The molecule has 1 aromatic rings. The van der Waals surface area contributed by atoms with Crippen molar-refractivity contribution in [1.29, 1.82) is 0 Å². The summed E-state index contributed by atoms with van der Waals surface area (Å²) >= 11 is 0. The molecule has 2 heterocycles. The Bertz CT molecular complexity index is 622. The molecule has 0 radical (unpaired) electrons. The highest BCUT2D eigenvalue weighted by Gasteiger charge is 2.38. The van der Waals surface area contributed by atoms with Crippen LogP contribution < -0.4 is 5.43 Å². The van der Waals surface area contributed by atoms with E-state index in [4.69, 9.17) is 10.6 Å². The van der Waals surface area contributed by atoms with Crippen molar-refractivity contribution in [1.82, 2.24) is 20.4 Å². The minimum absolute atomic E-state index is 0.0635. The van der Waals surface area contributed by atoms with Crippen molar-refractivity contribution in [3.8, 4) is 0 Å². The van der Waals surface area contributed by atoms with E-state index in [1.165, 1.54) is 12.5 Å². The van der Waals surface area contributed by atoms with E-state index in [2.05, 4.69) is 25.4 Å². The Labute approximate surface area is 123 Å². The summed E-state index contributed by atoms with van der Waals surface area (Å²) in [5.41, 5.74) is 11.5. The number of carbonyl (C=O) groups excluding carboxylic acids is 2. The maximum atomic E-state index is 11.8. The second-order valence-electron chi connectivity index (χ2n) is 4.65. The first-order valence-electron chi connectivity index (χ1n) is 6.40. The first-order valence-corrected chi connectivity index (χ1v) is 6.40. The Morgan fingerprint density at radius 2 is 2.45 bits per heavy atom. The zero-order valence-electron chi connectivity index (χ0n) is 11.3. The number of aromatic amines is 1. The number of carboxylic acids is 1. The number of nitrogens with zero attached hydrogens (tertiary/aromatic N) is 5. The van der Waals surface area contributed by atoms with Gasteiger partial charge < -0.3 is 10.1 Å². The number of azide groups is 1. The molecule has 2 rings (SSSR count). The number of rotatable bonds is 6. The van der Waals surface area contributed by atoms with Gasteiger partial charge in [-0.25, -0.2) is 15.2 Å². The maximum absolute atomic E-state index is 11.8. The molecule has 0 aromatic carbocycles. The Morgan fingerprint density at radius 3 is 3.05 bits per heavy atom. The van der Waals surface area contributed by atoms with Gasteiger partial charge in [0.1, 0.15) is 6.04 Å². The smallest absolute Gasteiger partial charge is 0.328 e. The molecule has 22 heavy (non-hydrogen) atoms. The molecule has 0 saturated carbocycles. The molecule has 116 valence electrons. The zero-order chi connectivity index (χ0) is 16.1. The molecule has 0 spiro atoms. The summed E-state index contributed by atoms with van der Waals surface area (Å²) < 4.78 is 0. The average Bonchev–Trinajstić information content (AvgIpc) is 3.09. The van der Waals surface area contributed by atoms with Crippen LogP contribution in [0.3, 0.4) is 0 Å². The van der Waals surface area contributed by atoms with E-state index in [0.29, 0.717) is 5.69 Å². The Hall–Kier alpha value is -2.91. The fourth-order valence-electron chi connectivity index (χ4n) is 2.17. The predicted octanol–water partition coefficient (Wildman–Crippen LogP) is -0.262. The fraction of sp³-hybridized carbons (Fsp3) is 0.455. The molecule has 2 amide bonds.